The molecule has 1 heterocycles. The number of aromatic nitrogens is 1. The standard InChI is InChI=1S/C67H48N2/c1-67(2)62-22-9-5-19-58(62)59-41-34-52(44-63(59)67)48-32-39-56(40-33-48)68(55-37-30-47(31-38-55)51-27-26-45-14-3-4-15-49(45)42-51)54-35-28-46(29-36-54)50-16-13-17-53(43-50)57-18-6-10-23-64(57)69-65-24-11-7-20-60(65)61-21-8-12-25-66(61)69/h3-44H,1-2H3. The summed E-state index contributed by atoms with van der Waals surface area (Å²) in [4.78, 5) is 2.37. The number of hydrogen-bond acceptors (Lipinski definition) is 1. The molecule has 1 aliphatic carbocycles. The highest BCUT2D eigenvalue weighted by Gasteiger charge is 2.35. The lowest BCUT2D eigenvalue weighted by Crippen LogP contribution is -2.14. The highest BCUT2D eigenvalue weighted by Crippen LogP contribution is 2.50. The van der Waals surface area contributed by atoms with Gasteiger partial charge in [-0.25, -0.2) is 0 Å². The van der Waals surface area contributed by atoms with E-state index in [1.807, 2.05) is 0 Å². The molecule has 0 spiro atoms. The first-order valence-corrected chi connectivity index (χ1v) is 24.0. The van der Waals surface area contributed by atoms with Crippen molar-refractivity contribution in [3.05, 3.63) is 266 Å². The molecule has 2 nitrogen and oxygen atoms in total. The average molecular weight is 881 g/mol. The number of benzene rings is 11. The van der Waals surface area contributed by atoms with Crippen LogP contribution in [0.25, 0.3) is 93.9 Å². The van der Waals surface area contributed by atoms with Crippen LogP contribution in [0, 0.1) is 0 Å². The number of hydrogen-bond donors (Lipinski definition) is 0. The fourth-order valence-corrected chi connectivity index (χ4v) is 11.1. The van der Waals surface area contributed by atoms with Crippen LogP contribution >= 0.6 is 0 Å². The number of para-hydroxylation sites is 3. The Hall–Kier alpha value is -8.72. The maximum atomic E-state index is 2.42. The third kappa shape index (κ3) is 6.87. The summed E-state index contributed by atoms with van der Waals surface area (Å²) in [5.41, 5.74) is 21.8. The van der Waals surface area contributed by atoms with Crippen LogP contribution in [0.4, 0.5) is 17.1 Å². The van der Waals surface area contributed by atoms with E-state index in [0.29, 0.717) is 0 Å². The minimum Gasteiger partial charge on any atom is -0.311 e. The first-order chi connectivity index (χ1) is 34.0. The Bertz CT molecular complexity index is 3860. The van der Waals surface area contributed by atoms with Crippen LogP contribution in [0.3, 0.4) is 0 Å². The summed E-state index contributed by atoms with van der Waals surface area (Å²) in [5, 5.41) is 5.02. The van der Waals surface area contributed by atoms with Crippen LogP contribution in [-0.4, -0.2) is 4.57 Å². The van der Waals surface area contributed by atoms with Gasteiger partial charge in [0.15, 0.2) is 0 Å². The fourth-order valence-electron chi connectivity index (χ4n) is 11.1. The van der Waals surface area contributed by atoms with E-state index in [4.69, 9.17) is 0 Å². The lowest BCUT2D eigenvalue weighted by Gasteiger charge is -2.26. The molecule has 0 saturated heterocycles. The molecule has 11 aromatic carbocycles. The van der Waals surface area contributed by atoms with Crippen molar-refractivity contribution in [3.8, 4) is 61.3 Å². The molecular weight excluding hydrogens is 833 g/mol. The van der Waals surface area contributed by atoms with E-state index in [-0.39, 0.29) is 5.41 Å². The van der Waals surface area contributed by atoms with E-state index >= 15 is 0 Å². The van der Waals surface area contributed by atoms with Gasteiger partial charge in [0, 0.05) is 38.8 Å². The van der Waals surface area contributed by atoms with Crippen LogP contribution in [0.1, 0.15) is 25.0 Å². The fraction of sp³-hybridized carbons (Fsp3) is 0.0448. The van der Waals surface area contributed by atoms with E-state index in [9.17, 15) is 0 Å². The number of nitrogens with zero attached hydrogens (tertiary/aromatic N) is 2. The molecule has 0 fully saturated rings. The molecule has 0 unspecified atom stereocenters. The van der Waals surface area contributed by atoms with Gasteiger partial charge in [0.05, 0.1) is 16.7 Å². The normalized spacial score (nSPS) is 12.6. The van der Waals surface area contributed by atoms with Gasteiger partial charge in [-0.2, -0.15) is 0 Å². The molecule has 326 valence electrons. The van der Waals surface area contributed by atoms with Gasteiger partial charge >= 0.3 is 0 Å². The summed E-state index contributed by atoms with van der Waals surface area (Å²) < 4.78 is 2.42. The third-order valence-corrected chi connectivity index (χ3v) is 14.6. The predicted molar refractivity (Wildman–Crippen MR) is 292 cm³/mol. The first kappa shape index (κ1) is 40.5. The van der Waals surface area contributed by atoms with Gasteiger partial charge in [-0.3, -0.25) is 0 Å². The van der Waals surface area contributed by atoms with E-state index < -0.39 is 0 Å². The number of anilines is 3. The van der Waals surface area contributed by atoms with Crippen LogP contribution < -0.4 is 4.90 Å². The van der Waals surface area contributed by atoms with Gasteiger partial charge in [0.2, 0.25) is 0 Å². The van der Waals surface area contributed by atoms with Gasteiger partial charge in [-0.05, 0) is 145 Å². The summed E-state index contributed by atoms with van der Waals surface area (Å²) in [6, 6.07) is 93.6. The minimum absolute atomic E-state index is 0.0525. The number of fused-ring (bicyclic) bond motifs is 7. The largest absolute Gasteiger partial charge is 0.311 e. The molecule has 0 bridgehead atoms. The molecule has 69 heavy (non-hydrogen) atoms. The molecule has 0 aliphatic heterocycles. The smallest absolute Gasteiger partial charge is 0.0541 e. The van der Waals surface area contributed by atoms with E-state index in [0.717, 1.165) is 17.1 Å². The zero-order chi connectivity index (χ0) is 46.1. The van der Waals surface area contributed by atoms with Gasteiger partial charge in [-0.1, -0.05) is 196 Å². The second-order valence-corrected chi connectivity index (χ2v) is 18.9. The maximum Gasteiger partial charge on any atom is 0.0541 e. The molecule has 0 N–H and O–H groups in total. The lowest BCUT2D eigenvalue weighted by molar-refractivity contribution is 0.660. The van der Waals surface area contributed by atoms with E-state index in [1.54, 1.807) is 0 Å². The Morgan fingerprint density at radius 1 is 0.304 bits per heavy atom. The Kier molecular flexibility index (Phi) is 9.55. The summed E-state index contributed by atoms with van der Waals surface area (Å²) in [6.45, 7) is 4.70. The molecule has 12 aromatic rings. The van der Waals surface area contributed by atoms with E-state index in [1.165, 1.54) is 105 Å². The van der Waals surface area contributed by atoms with Crippen molar-refractivity contribution >= 4 is 49.6 Å². The molecule has 0 radical (unpaired) electrons. The second kappa shape index (κ2) is 16.3. The summed E-state index contributed by atoms with van der Waals surface area (Å²) in [7, 11) is 0. The third-order valence-electron chi connectivity index (χ3n) is 14.6. The molecular formula is C67H48N2. The van der Waals surface area contributed by atoms with Crippen molar-refractivity contribution in [1.29, 1.82) is 0 Å². The topological polar surface area (TPSA) is 8.17 Å². The minimum atomic E-state index is -0.0525. The van der Waals surface area contributed by atoms with Crippen molar-refractivity contribution in [2.75, 3.05) is 4.90 Å². The molecule has 0 atom stereocenters. The Morgan fingerprint density at radius 3 is 1.42 bits per heavy atom. The average Bonchev–Trinajstić information content (AvgIpc) is 3.87. The Morgan fingerprint density at radius 2 is 0.768 bits per heavy atom. The maximum absolute atomic E-state index is 2.42. The summed E-state index contributed by atoms with van der Waals surface area (Å²) in [6.07, 6.45) is 0. The number of rotatable bonds is 8. The summed E-state index contributed by atoms with van der Waals surface area (Å²) in [5.74, 6) is 0. The second-order valence-electron chi connectivity index (χ2n) is 18.9. The van der Waals surface area contributed by atoms with Crippen molar-refractivity contribution in [2.45, 2.75) is 19.3 Å². The van der Waals surface area contributed by atoms with Crippen molar-refractivity contribution < 1.29 is 0 Å². The van der Waals surface area contributed by atoms with Crippen LogP contribution in [-0.2, 0) is 5.41 Å². The molecule has 13 rings (SSSR count). The van der Waals surface area contributed by atoms with Crippen LogP contribution in [0.5, 0.6) is 0 Å². The van der Waals surface area contributed by atoms with Crippen molar-refractivity contribution in [1.82, 2.24) is 4.57 Å². The highest BCUT2D eigenvalue weighted by atomic mass is 15.1. The van der Waals surface area contributed by atoms with Crippen LogP contribution in [0.2, 0.25) is 0 Å². The van der Waals surface area contributed by atoms with Gasteiger partial charge in [0.1, 0.15) is 0 Å². The molecule has 0 saturated carbocycles. The van der Waals surface area contributed by atoms with Gasteiger partial charge < -0.3 is 9.47 Å². The SMILES string of the molecule is CC1(C)c2ccccc2-c2ccc(-c3ccc(N(c4ccc(-c5cccc(-c6ccccc6-n6c7ccccc7c7ccccc76)c5)cc4)c4ccc(-c5ccc6ccccc6c5)cc4)cc3)cc21. The Balaban J connectivity index is 0.858. The zero-order valence-electron chi connectivity index (χ0n) is 38.6. The van der Waals surface area contributed by atoms with Crippen LogP contribution in [0.15, 0.2) is 255 Å². The van der Waals surface area contributed by atoms with Gasteiger partial charge in [0.25, 0.3) is 0 Å². The first-order valence-electron chi connectivity index (χ1n) is 24.0. The van der Waals surface area contributed by atoms with Crippen molar-refractivity contribution in [2.24, 2.45) is 0 Å². The van der Waals surface area contributed by atoms with Crippen molar-refractivity contribution in [3.63, 3.8) is 0 Å². The monoisotopic (exact) mass is 880 g/mol. The highest BCUT2D eigenvalue weighted by molar-refractivity contribution is 6.09. The summed E-state index contributed by atoms with van der Waals surface area (Å²) >= 11 is 0. The predicted octanol–water partition coefficient (Wildman–Crippen LogP) is 18.4. The quantitative estimate of drug-likeness (QED) is 0.148. The lowest BCUT2D eigenvalue weighted by atomic mass is 9.81. The molecule has 0 amide bonds. The molecule has 1 aromatic heterocycles. The Labute approximate surface area is 403 Å². The zero-order valence-corrected chi connectivity index (χ0v) is 38.6. The van der Waals surface area contributed by atoms with E-state index in [2.05, 4.69) is 278 Å². The van der Waals surface area contributed by atoms with Gasteiger partial charge in [-0.15, -0.1) is 0 Å². The molecule has 1 aliphatic rings. The molecule has 2 heteroatoms.